The molecule has 1 unspecified atom stereocenters. The number of hydrogen-bond donors (Lipinski definition) is 1. The van der Waals surface area contributed by atoms with Crippen LogP contribution in [0.5, 0.6) is 5.75 Å². The number of fused-ring (bicyclic) bond motifs is 1. The standard InChI is InChI=1S/C16H24N2O2/c1-4-18(5-2)16(19)11-17-12(3)13-6-7-15-14(10-13)8-9-20-15/h6-7,10,12,17H,4-5,8-9,11H2,1-3H3. The number of rotatable bonds is 6. The van der Waals surface area contributed by atoms with E-state index in [4.69, 9.17) is 4.74 Å². The van der Waals surface area contributed by atoms with Crippen molar-refractivity contribution in [3.8, 4) is 5.75 Å². The highest BCUT2D eigenvalue weighted by atomic mass is 16.5. The van der Waals surface area contributed by atoms with Crippen molar-refractivity contribution in [3.63, 3.8) is 0 Å². The highest BCUT2D eigenvalue weighted by molar-refractivity contribution is 5.78. The van der Waals surface area contributed by atoms with Gasteiger partial charge in [-0.05, 0) is 38.0 Å². The topological polar surface area (TPSA) is 41.6 Å². The number of carbonyl (C=O) groups is 1. The van der Waals surface area contributed by atoms with Crippen LogP contribution in [0, 0.1) is 0 Å². The summed E-state index contributed by atoms with van der Waals surface area (Å²) in [5.41, 5.74) is 2.48. The van der Waals surface area contributed by atoms with Gasteiger partial charge in [-0.15, -0.1) is 0 Å². The van der Waals surface area contributed by atoms with Gasteiger partial charge in [-0.2, -0.15) is 0 Å². The third-order valence-corrected chi connectivity index (χ3v) is 3.89. The second-order valence-electron chi connectivity index (χ2n) is 5.13. The van der Waals surface area contributed by atoms with E-state index < -0.39 is 0 Å². The van der Waals surface area contributed by atoms with Gasteiger partial charge < -0.3 is 15.0 Å². The molecule has 0 saturated heterocycles. The molecule has 1 aromatic carbocycles. The molecule has 0 bridgehead atoms. The molecule has 0 saturated carbocycles. The number of amides is 1. The number of nitrogens with zero attached hydrogens (tertiary/aromatic N) is 1. The predicted molar refractivity (Wildman–Crippen MR) is 80.0 cm³/mol. The van der Waals surface area contributed by atoms with Gasteiger partial charge in [0.15, 0.2) is 0 Å². The van der Waals surface area contributed by atoms with Crippen LogP contribution in [0.2, 0.25) is 0 Å². The number of likely N-dealkylation sites (N-methyl/N-ethyl adjacent to an activating group) is 1. The van der Waals surface area contributed by atoms with Crippen LogP contribution in [0.4, 0.5) is 0 Å². The molecule has 1 heterocycles. The van der Waals surface area contributed by atoms with Crippen molar-refractivity contribution in [1.29, 1.82) is 0 Å². The molecule has 2 rings (SSSR count). The number of benzene rings is 1. The Morgan fingerprint density at radius 2 is 2.15 bits per heavy atom. The van der Waals surface area contributed by atoms with Crippen LogP contribution in [0.15, 0.2) is 18.2 Å². The summed E-state index contributed by atoms with van der Waals surface area (Å²) in [5.74, 6) is 1.16. The van der Waals surface area contributed by atoms with Crippen molar-refractivity contribution in [2.45, 2.75) is 33.2 Å². The molecule has 1 amide bonds. The van der Waals surface area contributed by atoms with E-state index in [2.05, 4.69) is 24.4 Å². The third kappa shape index (κ3) is 3.31. The fraction of sp³-hybridized carbons (Fsp3) is 0.562. The summed E-state index contributed by atoms with van der Waals surface area (Å²) in [6.07, 6.45) is 0.980. The fourth-order valence-electron chi connectivity index (χ4n) is 2.52. The Labute approximate surface area is 121 Å². The first kappa shape index (κ1) is 14.9. The van der Waals surface area contributed by atoms with Crippen molar-refractivity contribution in [2.24, 2.45) is 0 Å². The summed E-state index contributed by atoms with van der Waals surface area (Å²) in [5, 5.41) is 3.31. The largest absolute Gasteiger partial charge is 0.493 e. The minimum Gasteiger partial charge on any atom is -0.493 e. The van der Waals surface area contributed by atoms with E-state index >= 15 is 0 Å². The molecule has 1 aromatic rings. The average molecular weight is 276 g/mol. The first-order valence-electron chi connectivity index (χ1n) is 7.42. The van der Waals surface area contributed by atoms with Gasteiger partial charge in [-0.1, -0.05) is 12.1 Å². The lowest BCUT2D eigenvalue weighted by atomic mass is 10.0. The Kier molecular flexibility index (Phi) is 5.01. The first-order valence-corrected chi connectivity index (χ1v) is 7.42. The van der Waals surface area contributed by atoms with E-state index in [1.54, 1.807) is 0 Å². The van der Waals surface area contributed by atoms with Gasteiger partial charge in [-0.3, -0.25) is 4.79 Å². The van der Waals surface area contributed by atoms with Gasteiger partial charge in [-0.25, -0.2) is 0 Å². The normalized spacial score (nSPS) is 14.6. The zero-order valence-electron chi connectivity index (χ0n) is 12.6. The average Bonchev–Trinajstić information content (AvgIpc) is 2.93. The molecule has 110 valence electrons. The smallest absolute Gasteiger partial charge is 0.236 e. The van der Waals surface area contributed by atoms with Gasteiger partial charge in [0.1, 0.15) is 5.75 Å². The molecule has 1 aliphatic heterocycles. The van der Waals surface area contributed by atoms with E-state index in [1.165, 1.54) is 11.1 Å². The molecule has 0 spiro atoms. The summed E-state index contributed by atoms with van der Waals surface area (Å²) < 4.78 is 5.51. The number of hydrogen-bond acceptors (Lipinski definition) is 3. The van der Waals surface area contributed by atoms with Gasteiger partial charge in [0.05, 0.1) is 13.2 Å². The minimum atomic E-state index is 0.159. The summed E-state index contributed by atoms with van der Waals surface area (Å²) in [6, 6.07) is 6.45. The Morgan fingerprint density at radius 3 is 2.85 bits per heavy atom. The SMILES string of the molecule is CCN(CC)C(=O)CNC(C)c1ccc2c(c1)CCO2. The Bertz CT molecular complexity index is 470. The van der Waals surface area contributed by atoms with E-state index in [0.717, 1.165) is 31.9 Å². The first-order chi connectivity index (χ1) is 9.65. The molecule has 4 nitrogen and oxygen atoms in total. The highest BCUT2D eigenvalue weighted by Gasteiger charge is 2.16. The molecule has 0 radical (unpaired) electrons. The second-order valence-corrected chi connectivity index (χ2v) is 5.13. The van der Waals surface area contributed by atoms with Crippen LogP contribution in [-0.2, 0) is 11.2 Å². The van der Waals surface area contributed by atoms with E-state index in [9.17, 15) is 4.79 Å². The summed E-state index contributed by atoms with van der Waals surface area (Å²) in [4.78, 5) is 13.8. The predicted octanol–water partition coefficient (Wildman–Crippen LogP) is 2.14. The van der Waals surface area contributed by atoms with Gasteiger partial charge in [0, 0.05) is 25.6 Å². The highest BCUT2D eigenvalue weighted by Crippen LogP contribution is 2.27. The van der Waals surface area contributed by atoms with Crippen molar-refractivity contribution in [1.82, 2.24) is 10.2 Å². The molecule has 0 aliphatic carbocycles. The van der Waals surface area contributed by atoms with Crippen molar-refractivity contribution < 1.29 is 9.53 Å². The molecule has 4 heteroatoms. The summed E-state index contributed by atoms with van der Waals surface area (Å²) in [6.45, 7) is 8.80. The minimum absolute atomic E-state index is 0.159. The Balaban J connectivity index is 1.92. The summed E-state index contributed by atoms with van der Waals surface area (Å²) in [7, 11) is 0. The van der Waals surface area contributed by atoms with Crippen LogP contribution < -0.4 is 10.1 Å². The maximum Gasteiger partial charge on any atom is 0.236 e. The van der Waals surface area contributed by atoms with E-state index in [1.807, 2.05) is 24.8 Å². The quantitative estimate of drug-likeness (QED) is 0.865. The molecular formula is C16H24N2O2. The van der Waals surface area contributed by atoms with Crippen LogP contribution in [-0.4, -0.2) is 37.0 Å². The van der Waals surface area contributed by atoms with E-state index in [0.29, 0.717) is 6.54 Å². The molecule has 0 fully saturated rings. The molecular weight excluding hydrogens is 252 g/mol. The molecule has 1 N–H and O–H groups in total. The molecule has 1 aliphatic rings. The number of carbonyl (C=O) groups excluding carboxylic acids is 1. The second kappa shape index (κ2) is 6.75. The zero-order chi connectivity index (χ0) is 14.5. The lowest BCUT2D eigenvalue weighted by Crippen LogP contribution is -2.38. The van der Waals surface area contributed by atoms with Gasteiger partial charge >= 0.3 is 0 Å². The lowest BCUT2D eigenvalue weighted by Gasteiger charge is -2.21. The van der Waals surface area contributed by atoms with Crippen LogP contribution in [0.25, 0.3) is 0 Å². The van der Waals surface area contributed by atoms with Crippen molar-refractivity contribution >= 4 is 5.91 Å². The van der Waals surface area contributed by atoms with Crippen LogP contribution >= 0.6 is 0 Å². The number of ether oxygens (including phenoxy) is 1. The Hall–Kier alpha value is -1.55. The van der Waals surface area contributed by atoms with Crippen LogP contribution in [0.1, 0.15) is 37.9 Å². The van der Waals surface area contributed by atoms with Crippen molar-refractivity contribution in [2.75, 3.05) is 26.2 Å². The molecule has 0 aromatic heterocycles. The third-order valence-electron chi connectivity index (χ3n) is 3.89. The van der Waals surface area contributed by atoms with Gasteiger partial charge in [0.25, 0.3) is 0 Å². The van der Waals surface area contributed by atoms with Gasteiger partial charge in [0.2, 0.25) is 5.91 Å². The Morgan fingerprint density at radius 1 is 1.40 bits per heavy atom. The summed E-state index contributed by atoms with van der Waals surface area (Å²) >= 11 is 0. The lowest BCUT2D eigenvalue weighted by molar-refractivity contribution is -0.129. The zero-order valence-corrected chi connectivity index (χ0v) is 12.6. The fourth-order valence-corrected chi connectivity index (χ4v) is 2.52. The number of nitrogens with one attached hydrogen (secondary N) is 1. The van der Waals surface area contributed by atoms with Crippen LogP contribution in [0.3, 0.4) is 0 Å². The van der Waals surface area contributed by atoms with E-state index in [-0.39, 0.29) is 11.9 Å². The maximum absolute atomic E-state index is 12.0. The molecule has 20 heavy (non-hydrogen) atoms. The monoisotopic (exact) mass is 276 g/mol. The molecule has 1 atom stereocenters. The maximum atomic E-state index is 12.0. The van der Waals surface area contributed by atoms with Crippen molar-refractivity contribution in [3.05, 3.63) is 29.3 Å².